The molecule has 0 radical (unpaired) electrons. The van der Waals surface area contributed by atoms with Crippen LogP contribution in [0, 0.1) is 5.41 Å². The van der Waals surface area contributed by atoms with Gasteiger partial charge < -0.3 is 84.4 Å². The molecule has 0 saturated carbocycles. The molecule has 1 unspecified atom stereocenters. The van der Waals surface area contributed by atoms with Crippen molar-refractivity contribution in [1.29, 1.82) is 0 Å². The van der Waals surface area contributed by atoms with Gasteiger partial charge in [0.25, 0.3) is 0 Å². The smallest absolute Gasteiger partial charge is 0.326 e. The predicted molar refractivity (Wildman–Crippen MR) is 313 cm³/mol. The summed E-state index contributed by atoms with van der Waals surface area (Å²) < 4.78 is 0. The molecule has 25 nitrogen and oxygen atoms in total. The number of benzene rings is 2. The molecule has 4 atom stereocenters. The number of carboxylic acid groups (broad SMARTS) is 3. The highest BCUT2D eigenvalue weighted by molar-refractivity contribution is 5.92. The number of unbranched alkanes of at least 4 members (excludes halogenated alkanes) is 5. The van der Waals surface area contributed by atoms with Gasteiger partial charge in [0.1, 0.15) is 24.2 Å². The van der Waals surface area contributed by atoms with Crippen molar-refractivity contribution >= 4 is 53.5 Å². The molecule has 3 heterocycles. The number of urea groups is 1. The van der Waals surface area contributed by atoms with E-state index in [1.807, 2.05) is 60.7 Å². The van der Waals surface area contributed by atoms with Crippen LogP contribution < -0.4 is 69.1 Å². The van der Waals surface area contributed by atoms with Crippen LogP contribution in [0.5, 0.6) is 0 Å². The summed E-state index contributed by atoms with van der Waals surface area (Å²) in [6.45, 7) is 11.7. The number of hydrogen-bond donors (Lipinski definition) is 16. The minimum Gasteiger partial charge on any atom is -0.481 e. The second kappa shape index (κ2) is 38.9. The summed E-state index contributed by atoms with van der Waals surface area (Å²) in [5.41, 5.74) is 1.07. The number of fused-ring (bicyclic) bond motifs is 15. The van der Waals surface area contributed by atoms with Crippen molar-refractivity contribution in [3.63, 3.8) is 0 Å². The number of amides is 7. The van der Waals surface area contributed by atoms with Crippen LogP contribution in [0.2, 0.25) is 0 Å². The van der Waals surface area contributed by atoms with Gasteiger partial charge >= 0.3 is 23.9 Å². The molecule has 25 heteroatoms. The summed E-state index contributed by atoms with van der Waals surface area (Å²) >= 11 is 0. The quantitative estimate of drug-likeness (QED) is 0.0413. The Hall–Kier alpha value is -6.77. The molecule has 2 aromatic rings. The number of rotatable bonds is 33. The maximum Gasteiger partial charge on any atom is 0.326 e. The molecule has 0 aliphatic carbocycles. The van der Waals surface area contributed by atoms with Crippen LogP contribution in [0.3, 0.4) is 0 Å². The van der Waals surface area contributed by atoms with E-state index >= 15 is 0 Å². The van der Waals surface area contributed by atoms with Crippen molar-refractivity contribution in [3.05, 3.63) is 71.8 Å². The number of nitrogens with one attached hydrogen (secondary N) is 13. The molecule has 2 bridgehead atoms. The fraction of sp³-hybridized carbons (Fsp3) is 0.638. The number of hydrogen-bond acceptors (Lipinski definition) is 15. The molecule has 3 aliphatic heterocycles. The molecule has 83 heavy (non-hydrogen) atoms. The van der Waals surface area contributed by atoms with Crippen LogP contribution in [0.4, 0.5) is 4.79 Å². The Balaban J connectivity index is 1.21. The van der Waals surface area contributed by atoms with Gasteiger partial charge in [0.05, 0.1) is 5.54 Å². The van der Waals surface area contributed by atoms with Gasteiger partial charge in [-0.3, -0.25) is 28.8 Å². The summed E-state index contributed by atoms with van der Waals surface area (Å²) in [6, 6.07) is 12.8. The summed E-state index contributed by atoms with van der Waals surface area (Å²) in [6.07, 6.45) is 4.57. The highest BCUT2D eigenvalue weighted by Crippen LogP contribution is 2.14. The Kier molecular flexibility index (Phi) is 32.2. The SMILES string of the molecule is CC12CNCCNCC(NC(=O)CCCC(=O)N[C@@H](Cc3ccccc3)C(=O)N[C@@H](Cc3ccccc3)C(=O)NCCCCCCCC(=O)NCCCC[C@H](NC(=O)NC(CCC(=O)O)C(=O)O)C(=O)O)(CNCCNC1)CNCCNC2. The zero-order valence-corrected chi connectivity index (χ0v) is 48.3. The highest BCUT2D eigenvalue weighted by atomic mass is 16.4. The molecule has 5 rings (SSSR count). The van der Waals surface area contributed by atoms with E-state index in [2.05, 4.69) is 76.0 Å². The van der Waals surface area contributed by atoms with Crippen LogP contribution in [-0.2, 0) is 51.2 Å². The standard InChI is InChI=1S/C58H93N13O12/c1-57-36-59-28-31-62-39-58(40-63-32-29-60-37-57,41-64-33-30-61-38-57)71-50(74)23-15-22-49(73)67-47(35-43-18-9-6-10-19-43)53(78)68-46(34-42-16-7-5-8-17-42)52(77)66-27-13-4-2-3-11-21-48(72)65-26-14-12-20-44(54(79)80)69-56(83)70-45(55(81)82)24-25-51(75)76/h5-10,16-19,44-47,59-64H,2-4,11-15,20-41H2,1H3,(H,65,72)(H,66,77)(H,67,73)(H,68,78)(H,71,74)(H,75,76)(H,79,80)(H,81,82)(H2,69,70,83)/t44-,45?,46-,47-,57?,58?/m0/s1. The Morgan fingerprint density at radius 2 is 0.892 bits per heavy atom. The first-order chi connectivity index (χ1) is 39.9. The fourth-order valence-corrected chi connectivity index (χ4v) is 9.82. The van der Waals surface area contributed by atoms with Gasteiger partial charge in [-0.25, -0.2) is 14.4 Å². The first-order valence-electron chi connectivity index (χ1n) is 29.5. The third kappa shape index (κ3) is 29.4. The third-order valence-electron chi connectivity index (χ3n) is 14.5. The molecule has 0 spiro atoms. The van der Waals surface area contributed by atoms with Gasteiger partial charge in [-0.2, -0.15) is 0 Å². The zero-order valence-electron chi connectivity index (χ0n) is 48.3. The summed E-state index contributed by atoms with van der Waals surface area (Å²) in [5, 5.41) is 68.3. The molecule has 3 saturated heterocycles. The largest absolute Gasteiger partial charge is 0.481 e. The molecule has 7 amide bonds. The van der Waals surface area contributed by atoms with Crippen molar-refractivity contribution in [3.8, 4) is 0 Å². The van der Waals surface area contributed by atoms with Crippen molar-refractivity contribution in [2.75, 3.05) is 91.6 Å². The highest BCUT2D eigenvalue weighted by Gasteiger charge is 2.33. The van der Waals surface area contributed by atoms with E-state index in [4.69, 9.17) is 5.11 Å². The lowest BCUT2D eigenvalue weighted by molar-refractivity contribution is -0.141. The molecule has 3 aliphatic rings. The maximum atomic E-state index is 14.2. The van der Waals surface area contributed by atoms with Crippen LogP contribution in [0.25, 0.3) is 0 Å². The Labute approximate surface area is 487 Å². The predicted octanol–water partition coefficient (Wildman–Crippen LogP) is -0.149. The van der Waals surface area contributed by atoms with E-state index in [1.165, 1.54) is 0 Å². The Morgan fingerprint density at radius 3 is 1.42 bits per heavy atom. The van der Waals surface area contributed by atoms with E-state index in [9.17, 15) is 53.4 Å². The Morgan fingerprint density at radius 1 is 0.446 bits per heavy atom. The van der Waals surface area contributed by atoms with Gasteiger partial charge in [0, 0.05) is 136 Å². The zero-order chi connectivity index (χ0) is 60.1. The van der Waals surface area contributed by atoms with Gasteiger partial charge in [-0.15, -0.1) is 0 Å². The first kappa shape index (κ1) is 68.7. The van der Waals surface area contributed by atoms with Gasteiger partial charge in [-0.05, 0) is 56.1 Å². The van der Waals surface area contributed by atoms with E-state index in [0.29, 0.717) is 51.9 Å². The van der Waals surface area contributed by atoms with Gasteiger partial charge in [0.15, 0.2) is 0 Å². The molecule has 16 N–H and O–H groups in total. The van der Waals surface area contributed by atoms with Crippen LogP contribution in [0.15, 0.2) is 60.7 Å². The number of carbonyl (C=O) groups is 9. The number of aliphatic carboxylic acids is 3. The molecular formula is C58H93N13O12. The Bertz CT molecular complexity index is 2270. The monoisotopic (exact) mass is 1160 g/mol. The van der Waals surface area contributed by atoms with Crippen molar-refractivity contribution < 1.29 is 58.5 Å². The molecule has 462 valence electrons. The summed E-state index contributed by atoms with van der Waals surface area (Å²) in [7, 11) is 0. The van der Waals surface area contributed by atoms with Gasteiger partial charge in [-0.1, -0.05) is 86.8 Å². The average molecular weight is 1160 g/mol. The third-order valence-corrected chi connectivity index (χ3v) is 14.5. The molecule has 2 aromatic carbocycles. The topological polar surface area (TPSA) is 371 Å². The van der Waals surface area contributed by atoms with Crippen LogP contribution in [-0.4, -0.2) is 190 Å². The normalized spacial score (nSPS) is 19.4. The van der Waals surface area contributed by atoms with E-state index in [0.717, 1.165) is 89.3 Å². The van der Waals surface area contributed by atoms with Crippen LogP contribution in [0.1, 0.15) is 108 Å². The lowest BCUT2D eigenvalue weighted by atomic mass is 9.90. The second-order valence-corrected chi connectivity index (χ2v) is 22.1. The van der Waals surface area contributed by atoms with Crippen molar-refractivity contribution in [2.45, 2.75) is 139 Å². The fourth-order valence-electron chi connectivity index (χ4n) is 9.82. The van der Waals surface area contributed by atoms with E-state index < -0.39 is 71.9 Å². The first-order valence-corrected chi connectivity index (χ1v) is 29.5. The summed E-state index contributed by atoms with van der Waals surface area (Å²) in [4.78, 5) is 114. The average Bonchev–Trinajstić information content (AvgIpc) is 3.58. The van der Waals surface area contributed by atoms with E-state index in [-0.39, 0.29) is 81.0 Å². The molecular weight excluding hydrogens is 1070 g/mol. The molecule has 3 fully saturated rings. The summed E-state index contributed by atoms with van der Waals surface area (Å²) in [5.74, 6) is -5.64. The van der Waals surface area contributed by atoms with Crippen molar-refractivity contribution in [1.82, 2.24) is 69.1 Å². The second-order valence-electron chi connectivity index (χ2n) is 22.1. The van der Waals surface area contributed by atoms with E-state index in [1.54, 1.807) is 0 Å². The minimum absolute atomic E-state index is 0.00232. The minimum atomic E-state index is -1.51. The molecule has 0 aromatic heterocycles. The maximum absolute atomic E-state index is 14.2. The van der Waals surface area contributed by atoms with Crippen LogP contribution >= 0.6 is 0 Å². The van der Waals surface area contributed by atoms with Gasteiger partial charge in [0.2, 0.25) is 29.5 Å². The number of carbonyl (C=O) groups excluding carboxylic acids is 6. The lowest BCUT2D eigenvalue weighted by Gasteiger charge is -2.37. The number of carboxylic acids is 3. The van der Waals surface area contributed by atoms with Crippen molar-refractivity contribution in [2.24, 2.45) is 5.41 Å². The lowest BCUT2D eigenvalue weighted by Crippen LogP contribution is -2.66.